The van der Waals surface area contributed by atoms with E-state index in [9.17, 15) is 9.59 Å². The van der Waals surface area contributed by atoms with Crippen LogP contribution in [0.4, 0.5) is 9.59 Å². The third-order valence-corrected chi connectivity index (χ3v) is 13.7. The standard InChI is InChI=1S/C28H37BClNO4.C22H25BrClNO2/c1-25(2,3)33-24(32)31-18-16-28(17-19-31,21-10-14-23(30)15-11-21)20-8-12-22(13-9-20)29-34-26(4,5)27(6,7)35-29;1-21(2,3)27-20(26)25-14-12-22(13-15-25,16-4-8-18(23)9-5-16)17-6-10-19(24)11-7-17/h8-15H,16-19H2,1-7H3;4-11H,12-15H2,1-3H3. The molecule has 3 heterocycles. The van der Waals surface area contributed by atoms with Gasteiger partial charge in [0.1, 0.15) is 11.2 Å². The van der Waals surface area contributed by atoms with E-state index in [0.29, 0.717) is 31.2 Å². The normalized spacial score (nSPS) is 19.3. The second-order valence-corrected chi connectivity index (χ2v) is 21.6. The number of rotatable bonds is 5. The Morgan fingerprint density at radius 1 is 0.548 bits per heavy atom. The largest absolute Gasteiger partial charge is 0.494 e. The van der Waals surface area contributed by atoms with Gasteiger partial charge in [-0.1, -0.05) is 99.8 Å². The summed E-state index contributed by atoms with van der Waals surface area (Å²) in [7, 11) is -0.394. The summed E-state index contributed by atoms with van der Waals surface area (Å²) in [5.74, 6) is 0. The predicted molar refractivity (Wildman–Crippen MR) is 255 cm³/mol. The molecule has 0 unspecified atom stereocenters. The number of likely N-dealkylation sites (tertiary alicyclic amines) is 2. The first-order chi connectivity index (χ1) is 28.9. The van der Waals surface area contributed by atoms with Crippen LogP contribution in [0.15, 0.2) is 102 Å². The van der Waals surface area contributed by atoms with Gasteiger partial charge in [0.05, 0.1) is 11.2 Å². The molecule has 7 rings (SSSR count). The van der Waals surface area contributed by atoms with Crippen LogP contribution in [0.3, 0.4) is 0 Å². The number of nitrogens with zero attached hydrogens (tertiary/aromatic N) is 2. The number of piperidine rings is 2. The van der Waals surface area contributed by atoms with Crippen molar-refractivity contribution in [1.29, 1.82) is 0 Å². The Morgan fingerprint density at radius 2 is 0.839 bits per heavy atom. The van der Waals surface area contributed by atoms with Crippen molar-refractivity contribution < 1.29 is 28.4 Å². The van der Waals surface area contributed by atoms with Crippen LogP contribution in [0.25, 0.3) is 0 Å². The Morgan fingerprint density at radius 3 is 1.15 bits per heavy atom. The van der Waals surface area contributed by atoms with E-state index in [1.165, 1.54) is 22.3 Å². The van der Waals surface area contributed by atoms with E-state index < -0.39 is 18.3 Å². The summed E-state index contributed by atoms with van der Waals surface area (Å²) >= 11 is 15.8. The van der Waals surface area contributed by atoms with Crippen LogP contribution < -0.4 is 5.46 Å². The zero-order valence-electron chi connectivity index (χ0n) is 37.9. The van der Waals surface area contributed by atoms with Crippen molar-refractivity contribution in [2.45, 2.75) is 128 Å². The van der Waals surface area contributed by atoms with Crippen molar-refractivity contribution in [3.05, 3.63) is 134 Å². The summed E-state index contributed by atoms with van der Waals surface area (Å²) in [6.07, 6.45) is 2.79. The summed E-state index contributed by atoms with van der Waals surface area (Å²) in [5.41, 5.74) is 3.81. The topological polar surface area (TPSA) is 77.5 Å². The lowest BCUT2D eigenvalue weighted by Crippen LogP contribution is -2.47. The van der Waals surface area contributed by atoms with E-state index in [0.717, 1.165) is 40.6 Å². The summed E-state index contributed by atoms with van der Waals surface area (Å²) < 4.78 is 24.7. The molecule has 0 spiro atoms. The van der Waals surface area contributed by atoms with E-state index in [-0.39, 0.29) is 34.2 Å². The Balaban J connectivity index is 0.000000214. The molecule has 8 nitrogen and oxygen atoms in total. The smallest absolute Gasteiger partial charge is 0.444 e. The molecular formula is C50H62BBrCl2N2O6. The molecule has 2 amide bonds. The highest BCUT2D eigenvalue weighted by Crippen LogP contribution is 2.44. The van der Waals surface area contributed by atoms with Crippen molar-refractivity contribution in [2.24, 2.45) is 0 Å². The van der Waals surface area contributed by atoms with Crippen molar-refractivity contribution >= 4 is 63.9 Å². The van der Waals surface area contributed by atoms with Gasteiger partial charge in [-0.2, -0.15) is 0 Å². The van der Waals surface area contributed by atoms with Crippen molar-refractivity contribution in [1.82, 2.24) is 9.80 Å². The number of carbonyl (C=O) groups is 2. The maximum Gasteiger partial charge on any atom is 0.494 e. The highest BCUT2D eigenvalue weighted by Gasteiger charge is 2.52. The summed E-state index contributed by atoms with van der Waals surface area (Å²) in [6, 6.07) is 33.2. The molecule has 4 aromatic rings. The van der Waals surface area contributed by atoms with Gasteiger partial charge < -0.3 is 28.6 Å². The number of hydrogen-bond acceptors (Lipinski definition) is 6. The average molecular weight is 949 g/mol. The lowest BCUT2D eigenvalue weighted by atomic mass is 9.67. The Hall–Kier alpha value is -3.54. The lowest BCUT2D eigenvalue weighted by molar-refractivity contribution is 0.00578. The first kappa shape index (κ1) is 47.9. The van der Waals surface area contributed by atoms with Gasteiger partial charge in [-0.05, 0) is 159 Å². The van der Waals surface area contributed by atoms with Gasteiger partial charge in [-0.3, -0.25) is 0 Å². The molecule has 62 heavy (non-hydrogen) atoms. The monoisotopic (exact) mass is 946 g/mol. The molecular weight excluding hydrogens is 886 g/mol. The minimum absolute atomic E-state index is 0.135. The van der Waals surface area contributed by atoms with Crippen molar-refractivity contribution in [3.8, 4) is 0 Å². The third kappa shape index (κ3) is 11.0. The molecule has 0 N–H and O–H groups in total. The number of amides is 2. The number of hydrogen-bond donors (Lipinski definition) is 0. The van der Waals surface area contributed by atoms with Gasteiger partial charge in [0.25, 0.3) is 0 Å². The number of carbonyl (C=O) groups excluding carboxylic acids is 2. The molecule has 4 aromatic carbocycles. The van der Waals surface area contributed by atoms with E-state index in [2.05, 4.69) is 116 Å². The second kappa shape index (κ2) is 18.5. The third-order valence-electron chi connectivity index (χ3n) is 12.7. The fourth-order valence-electron chi connectivity index (χ4n) is 8.53. The quantitative estimate of drug-likeness (QED) is 0.186. The number of ether oxygens (including phenoxy) is 2. The molecule has 3 saturated heterocycles. The van der Waals surface area contributed by atoms with E-state index in [4.69, 9.17) is 42.0 Å². The molecule has 0 saturated carbocycles. The predicted octanol–water partition coefficient (Wildman–Crippen LogP) is 12.4. The molecule has 0 aliphatic carbocycles. The van der Waals surface area contributed by atoms with Crippen LogP contribution in [0.2, 0.25) is 10.0 Å². The van der Waals surface area contributed by atoms with Crippen molar-refractivity contribution in [3.63, 3.8) is 0 Å². The van der Waals surface area contributed by atoms with Crippen LogP contribution in [0, 0.1) is 0 Å². The fourth-order valence-corrected chi connectivity index (χ4v) is 9.04. The average Bonchev–Trinajstić information content (AvgIpc) is 3.43. The molecule has 332 valence electrons. The first-order valence-corrected chi connectivity index (χ1v) is 23.2. The van der Waals surface area contributed by atoms with Crippen LogP contribution >= 0.6 is 39.1 Å². The molecule has 12 heteroatoms. The minimum atomic E-state index is -0.509. The Kier molecular flexibility index (Phi) is 14.3. The van der Waals surface area contributed by atoms with Crippen LogP contribution in [-0.4, -0.2) is 77.7 Å². The number of halogens is 3. The maximum atomic E-state index is 12.7. The van der Waals surface area contributed by atoms with Gasteiger partial charge in [-0.25, -0.2) is 9.59 Å². The zero-order chi connectivity index (χ0) is 45.3. The van der Waals surface area contributed by atoms with E-state index in [1.807, 2.05) is 75.6 Å². The van der Waals surface area contributed by atoms with Crippen molar-refractivity contribution in [2.75, 3.05) is 26.2 Å². The SMILES string of the molecule is CC(C)(C)OC(=O)N1CCC(c2ccc(Cl)cc2)(c2ccc(B3OC(C)(C)C(C)(C)O3)cc2)CC1.CC(C)(C)OC(=O)N1CCC(c2ccc(Cl)cc2)(c2ccc(Br)cc2)CC1. The molecule has 0 atom stereocenters. The van der Waals surface area contributed by atoms with Gasteiger partial charge in [0.15, 0.2) is 0 Å². The second-order valence-electron chi connectivity index (χ2n) is 19.8. The Labute approximate surface area is 388 Å². The molecule has 3 aliphatic heterocycles. The van der Waals surface area contributed by atoms with E-state index in [1.54, 1.807) is 0 Å². The highest BCUT2D eigenvalue weighted by atomic mass is 79.9. The molecule has 3 fully saturated rings. The Bertz CT molecular complexity index is 2090. The molecule has 0 radical (unpaired) electrons. The molecule has 3 aliphatic rings. The highest BCUT2D eigenvalue weighted by molar-refractivity contribution is 9.10. The number of benzene rings is 4. The fraction of sp³-hybridized carbons (Fsp3) is 0.480. The van der Waals surface area contributed by atoms with Gasteiger partial charge in [0.2, 0.25) is 0 Å². The van der Waals surface area contributed by atoms with Crippen LogP contribution in [-0.2, 0) is 29.6 Å². The summed E-state index contributed by atoms with van der Waals surface area (Å²) in [4.78, 5) is 28.8. The summed E-state index contributed by atoms with van der Waals surface area (Å²) in [5, 5.41) is 1.45. The lowest BCUT2D eigenvalue weighted by Gasteiger charge is -2.43. The van der Waals surface area contributed by atoms with Gasteiger partial charge >= 0.3 is 19.3 Å². The minimum Gasteiger partial charge on any atom is -0.444 e. The van der Waals surface area contributed by atoms with Gasteiger partial charge in [-0.15, -0.1) is 0 Å². The first-order valence-electron chi connectivity index (χ1n) is 21.6. The maximum absolute atomic E-state index is 12.7. The van der Waals surface area contributed by atoms with Gasteiger partial charge in [0, 0.05) is 51.5 Å². The van der Waals surface area contributed by atoms with E-state index >= 15 is 0 Å². The van der Waals surface area contributed by atoms with Crippen LogP contribution in [0.1, 0.15) is 117 Å². The summed E-state index contributed by atoms with van der Waals surface area (Å²) in [6.45, 7) is 22.2. The molecule has 0 bridgehead atoms. The molecule has 0 aromatic heterocycles. The zero-order valence-corrected chi connectivity index (χ0v) is 41.0. The van der Waals surface area contributed by atoms with Crippen LogP contribution in [0.5, 0.6) is 0 Å².